The van der Waals surface area contributed by atoms with E-state index >= 15 is 0 Å². The Morgan fingerprint density at radius 2 is 2.14 bits per heavy atom. The van der Waals surface area contributed by atoms with Crippen molar-refractivity contribution in [3.8, 4) is 11.8 Å². The lowest BCUT2D eigenvalue weighted by atomic mass is 10.1. The van der Waals surface area contributed by atoms with Gasteiger partial charge in [0.2, 0.25) is 0 Å². The van der Waals surface area contributed by atoms with Crippen molar-refractivity contribution >= 4 is 28.2 Å². The lowest BCUT2D eigenvalue weighted by molar-refractivity contribution is -0.385. The maximum Gasteiger partial charge on any atom is 0.311 e. The molecule has 0 saturated carbocycles. The molecule has 2 aromatic carbocycles. The molecule has 0 aliphatic heterocycles. The highest BCUT2D eigenvalue weighted by Gasteiger charge is 2.16. The van der Waals surface area contributed by atoms with Crippen LogP contribution in [0.15, 0.2) is 47.3 Å². The number of H-pyrrole nitrogens is 1. The summed E-state index contributed by atoms with van der Waals surface area (Å²) >= 11 is 0. The lowest BCUT2D eigenvalue weighted by Gasteiger charge is -2.06. The number of rotatable bonds is 6. The van der Waals surface area contributed by atoms with Crippen LogP contribution in [0.5, 0.6) is 5.75 Å². The van der Waals surface area contributed by atoms with E-state index in [2.05, 4.69) is 9.97 Å². The Kier molecular flexibility index (Phi) is 5.46. The second kappa shape index (κ2) is 8.14. The highest BCUT2D eigenvalue weighted by molar-refractivity contribution is 5.89. The van der Waals surface area contributed by atoms with Crippen LogP contribution < -0.4 is 10.3 Å². The molecule has 3 rings (SSSR count). The van der Waals surface area contributed by atoms with Crippen LogP contribution in [0, 0.1) is 21.4 Å². The molecule has 0 radical (unpaired) electrons. The van der Waals surface area contributed by atoms with Gasteiger partial charge in [-0.2, -0.15) is 5.26 Å². The van der Waals surface area contributed by atoms with Gasteiger partial charge in [0, 0.05) is 6.07 Å². The third kappa shape index (κ3) is 3.88. The normalized spacial score (nSPS) is 11.2. The van der Waals surface area contributed by atoms with Gasteiger partial charge in [-0.3, -0.25) is 14.9 Å². The second-order valence-corrected chi connectivity index (χ2v) is 5.93. The van der Waals surface area contributed by atoms with Crippen LogP contribution in [0.2, 0.25) is 0 Å². The first kappa shape index (κ1) is 18.8. The highest BCUT2D eigenvalue weighted by Crippen LogP contribution is 2.29. The number of para-hydroxylation sites is 1. The first-order chi connectivity index (χ1) is 13.5. The van der Waals surface area contributed by atoms with E-state index in [1.165, 1.54) is 18.2 Å². The van der Waals surface area contributed by atoms with Crippen LogP contribution in [0.25, 0.3) is 22.6 Å². The summed E-state index contributed by atoms with van der Waals surface area (Å²) in [7, 11) is 0. The SMILES string of the molecule is CCCOc1ccc(/C=C(/C#N)c2nc3ccccc3c(=O)[nH]2)cc1[N+](=O)[O-]. The fraction of sp³-hybridized carbons (Fsp3) is 0.150. The van der Waals surface area contributed by atoms with Gasteiger partial charge in [-0.05, 0) is 36.3 Å². The van der Waals surface area contributed by atoms with E-state index in [4.69, 9.17) is 4.74 Å². The van der Waals surface area contributed by atoms with E-state index in [1.807, 2.05) is 13.0 Å². The molecule has 0 aliphatic rings. The third-order valence-electron chi connectivity index (χ3n) is 3.94. The Morgan fingerprint density at radius 1 is 1.36 bits per heavy atom. The third-order valence-corrected chi connectivity index (χ3v) is 3.94. The number of hydrogen-bond acceptors (Lipinski definition) is 6. The van der Waals surface area contributed by atoms with Crippen molar-refractivity contribution in [3.63, 3.8) is 0 Å². The van der Waals surface area contributed by atoms with Gasteiger partial charge < -0.3 is 9.72 Å². The zero-order valence-corrected chi connectivity index (χ0v) is 15.0. The van der Waals surface area contributed by atoms with Crippen molar-refractivity contribution in [2.75, 3.05) is 6.61 Å². The van der Waals surface area contributed by atoms with Crippen LogP contribution in [0.4, 0.5) is 5.69 Å². The number of ether oxygens (including phenoxy) is 1. The van der Waals surface area contributed by atoms with Gasteiger partial charge in [-0.15, -0.1) is 0 Å². The standard InChI is InChI=1S/C20H16N4O4/c1-2-9-28-18-8-7-13(11-17(18)24(26)27)10-14(12-21)19-22-16-6-4-3-5-15(16)20(25)23-19/h3-8,10-11H,2,9H2,1H3,(H,22,23,25)/b14-10-. The van der Waals surface area contributed by atoms with Gasteiger partial charge >= 0.3 is 5.69 Å². The second-order valence-electron chi connectivity index (χ2n) is 5.93. The Hall–Kier alpha value is -3.99. The minimum Gasteiger partial charge on any atom is -0.487 e. The van der Waals surface area contributed by atoms with Crippen LogP contribution in [-0.2, 0) is 0 Å². The van der Waals surface area contributed by atoms with Crippen molar-refractivity contribution < 1.29 is 9.66 Å². The largest absolute Gasteiger partial charge is 0.487 e. The molecule has 0 amide bonds. The zero-order chi connectivity index (χ0) is 20.1. The van der Waals surface area contributed by atoms with E-state index in [9.17, 15) is 20.2 Å². The predicted molar refractivity (Wildman–Crippen MR) is 105 cm³/mol. The van der Waals surface area contributed by atoms with Crippen molar-refractivity contribution in [2.45, 2.75) is 13.3 Å². The van der Waals surface area contributed by atoms with E-state index in [0.717, 1.165) is 6.42 Å². The molecule has 0 bridgehead atoms. The number of fused-ring (bicyclic) bond motifs is 1. The van der Waals surface area contributed by atoms with Crippen LogP contribution >= 0.6 is 0 Å². The van der Waals surface area contributed by atoms with Crippen molar-refractivity contribution in [2.24, 2.45) is 0 Å². The average molecular weight is 376 g/mol. The molecule has 0 atom stereocenters. The highest BCUT2D eigenvalue weighted by atomic mass is 16.6. The molecule has 1 heterocycles. The fourth-order valence-electron chi connectivity index (χ4n) is 2.64. The summed E-state index contributed by atoms with van der Waals surface area (Å²) in [5.41, 5.74) is 0.398. The van der Waals surface area contributed by atoms with Crippen LogP contribution in [-0.4, -0.2) is 21.5 Å². The predicted octanol–water partition coefficient (Wildman–Crippen LogP) is 3.68. The zero-order valence-electron chi connectivity index (χ0n) is 15.0. The molecule has 0 fully saturated rings. The van der Waals surface area contributed by atoms with Gasteiger partial charge in [0.1, 0.15) is 6.07 Å². The van der Waals surface area contributed by atoms with Crippen molar-refractivity contribution in [1.82, 2.24) is 9.97 Å². The molecule has 0 aliphatic carbocycles. The van der Waals surface area contributed by atoms with Crippen LogP contribution in [0.3, 0.4) is 0 Å². The summed E-state index contributed by atoms with van der Waals surface area (Å²) < 4.78 is 5.40. The Bertz CT molecular complexity index is 1170. The molecule has 8 nitrogen and oxygen atoms in total. The fourth-order valence-corrected chi connectivity index (χ4v) is 2.64. The summed E-state index contributed by atoms with van der Waals surface area (Å²) in [6, 6.07) is 13.2. The number of benzene rings is 2. The number of aromatic amines is 1. The summed E-state index contributed by atoms with van der Waals surface area (Å²) in [5, 5.41) is 21.3. The monoisotopic (exact) mass is 376 g/mol. The molecule has 3 aromatic rings. The average Bonchev–Trinajstić information content (AvgIpc) is 2.70. The number of allylic oxidation sites excluding steroid dienone is 1. The number of nitriles is 1. The van der Waals surface area contributed by atoms with E-state index < -0.39 is 4.92 Å². The van der Waals surface area contributed by atoms with E-state index in [-0.39, 0.29) is 28.4 Å². The summed E-state index contributed by atoms with van der Waals surface area (Å²) in [5.74, 6) is 0.264. The molecular formula is C20H16N4O4. The van der Waals surface area contributed by atoms with Gasteiger partial charge in [-0.25, -0.2) is 4.98 Å². The number of hydrogen-bond donors (Lipinski definition) is 1. The molecule has 0 saturated heterocycles. The maximum atomic E-state index is 12.2. The van der Waals surface area contributed by atoms with Crippen LogP contribution in [0.1, 0.15) is 24.7 Å². The molecule has 8 heteroatoms. The first-order valence-corrected chi connectivity index (χ1v) is 8.56. The van der Waals surface area contributed by atoms with Gasteiger partial charge in [-0.1, -0.05) is 25.1 Å². The minimum atomic E-state index is -0.537. The van der Waals surface area contributed by atoms with Gasteiger partial charge in [0.15, 0.2) is 11.6 Å². The minimum absolute atomic E-state index is 0.0828. The van der Waals surface area contributed by atoms with Crippen molar-refractivity contribution in [1.29, 1.82) is 5.26 Å². The van der Waals surface area contributed by atoms with Gasteiger partial charge in [0.05, 0.1) is 28.0 Å². The molecule has 0 unspecified atom stereocenters. The molecule has 28 heavy (non-hydrogen) atoms. The topological polar surface area (TPSA) is 122 Å². The molecule has 0 spiro atoms. The van der Waals surface area contributed by atoms with Gasteiger partial charge in [0.25, 0.3) is 5.56 Å². The number of aromatic nitrogens is 2. The molecule has 1 N–H and O–H groups in total. The first-order valence-electron chi connectivity index (χ1n) is 8.56. The van der Waals surface area contributed by atoms with E-state index in [0.29, 0.717) is 23.1 Å². The maximum absolute atomic E-state index is 12.2. The summed E-state index contributed by atoms with van der Waals surface area (Å²) in [6.07, 6.45) is 2.15. The van der Waals surface area contributed by atoms with E-state index in [1.54, 1.807) is 30.3 Å². The summed E-state index contributed by atoms with van der Waals surface area (Å²) in [4.78, 5) is 29.9. The molecule has 1 aromatic heterocycles. The van der Waals surface area contributed by atoms with Crippen molar-refractivity contribution in [3.05, 3.63) is 74.3 Å². The quantitative estimate of drug-likeness (QED) is 0.398. The summed E-state index contributed by atoms with van der Waals surface area (Å²) in [6.45, 7) is 2.27. The number of nitro benzene ring substituents is 1. The number of nitrogens with zero attached hydrogens (tertiary/aromatic N) is 3. The Labute approximate surface area is 159 Å². The molecular weight excluding hydrogens is 360 g/mol. The smallest absolute Gasteiger partial charge is 0.311 e. The Balaban J connectivity index is 2.06. The number of nitro groups is 1. The lowest BCUT2D eigenvalue weighted by Crippen LogP contribution is -2.11. The molecule has 140 valence electrons. The Morgan fingerprint density at radius 3 is 2.86 bits per heavy atom. The number of nitrogens with one attached hydrogen (secondary N) is 1.